The van der Waals surface area contributed by atoms with Crippen LogP contribution in [0.3, 0.4) is 0 Å². The minimum absolute atomic E-state index is 0.0238. The second-order valence-electron chi connectivity index (χ2n) is 6.65. The van der Waals surface area contributed by atoms with Gasteiger partial charge in [0.2, 0.25) is 15.7 Å². The monoisotopic (exact) mass is 430 g/mol. The van der Waals surface area contributed by atoms with Crippen molar-refractivity contribution < 1.29 is 30.8 Å². The van der Waals surface area contributed by atoms with Gasteiger partial charge in [0.1, 0.15) is 6.17 Å². The topological polar surface area (TPSA) is 75.3 Å². The van der Waals surface area contributed by atoms with E-state index in [4.69, 9.17) is 0 Å². The van der Waals surface area contributed by atoms with E-state index in [-0.39, 0.29) is 30.0 Å². The fourth-order valence-electron chi connectivity index (χ4n) is 3.08. The summed E-state index contributed by atoms with van der Waals surface area (Å²) in [5, 5.41) is 5.27. The molecule has 1 saturated heterocycles. The van der Waals surface area contributed by atoms with E-state index in [2.05, 4.69) is 10.6 Å². The number of rotatable bonds is 5. The maximum atomic E-state index is 13.2. The Labute approximate surface area is 165 Å². The molecule has 1 fully saturated rings. The van der Waals surface area contributed by atoms with Crippen LogP contribution in [0.1, 0.15) is 17.5 Å². The lowest BCUT2D eigenvalue weighted by Crippen LogP contribution is -2.40. The van der Waals surface area contributed by atoms with E-state index in [1.807, 2.05) is 0 Å². The highest BCUT2D eigenvalue weighted by Gasteiger charge is 2.33. The van der Waals surface area contributed by atoms with Gasteiger partial charge in [-0.3, -0.25) is 4.79 Å². The second-order valence-corrected chi connectivity index (χ2v) is 8.57. The molecule has 1 amide bonds. The van der Waals surface area contributed by atoms with Crippen molar-refractivity contribution in [2.75, 3.05) is 6.54 Å². The Kier molecular flexibility index (Phi) is 5.95. The zero-order valence-corrected chi connectivity index (χ0v) is 15.9. The molecule has 1 heterocycles. The number of amides is 1. The van der Waals surface area contributed by atoms with Crippen molar-refractivity contribution >= 4 is 15.7 Å². The summed E-state index contributed by atoms with van der Waals surface area (Å²) in [4.78, 5) is 11.4. The standard InChI is InChI=1S/C19H18F4N2O3S/c20-14-9-16(24-11-14)18(26)25-10-12-4-1-2-7-17(12)29(27,28)15-6-3-5-13(8-15)19(21,22)23/h1-8,14,16,24H,9-11H2,(H,25,26)/t14-,16+/m1/s1. The molecule has 5 nitrogen and oxygen atoms in total. The highest BCUT2D eigenvalue weighted by molar-refractivity contribution is 7.91. The zero-order chi connectivity index (χ0) is 21.2. The number of hydrogen-bond acceptors (Lipinski definition) is 4. The molecule has 0 aliphatic carbocycles. The van der Waals surface area contributed by atoms with Gasteiger partial charge in [-0.1, -0.05) is 24.3 Å². The number of carbonyl (C=O) groups is 1. The van der Waals surface area contributed by atoms with E-state index in [1.165, 1.54) is 18.2 Å². The summed E-state index contributed by atoms with van der Waals surface area (Å²) < 4.78 is 77.9. The van der Waals surface area contributed by atoms with Crippen molar-refractivity contribution in [3.8, 4) is 0 Å². The van der Waals surface area contributed by atoms with Crippen molar-refractivity contribution in [3.63, 3.8) is 0 Å². The first-order valence-electron chi connectivity index (χ1n) is 8.74. The summed E-state index contributed by atoms with van der Waals surface area (Å²) in [5.41, 5.74) is -0.856. The van der Waals surface area contributed by atoms with Crippen LogP contribution in [0.5, 0.6) is 0 Å². The number of halogens is 4. The molecule has 1 aliphatic heterocycles. The number of carbonyl (C=O) groups excluding carboxylic acids is 1. The minimum atomic E-state index is -4.68. The molecular formula is C19H18F4N2O3S. The van der Waals surface area contributed by atoms with Crippen molar-refractivity contribution in [2.24, 2.45) is 0 Å². The molecule has 3 rings (SSSR count). The van der Waals surface area contributed by atoms with E-state index in [0.29, 0.717) is 6.07 Å². The number of alkyl halides is 4. The number of benzene rings is 2. The highest BCUT2D eigenvalue weighted by atomic mass is 32.2. The van der Waals surface area contributed by atoms with Crippen LogP contribution < -0.4 is 10.6 Å². The van der Waals surface area contributed by atoms with Gasteiger partial charge >= 0.3 is 6.18 Å². The normalized spacial score (nSPS) is 19.9. The molecule has 0 radical (unpaired) electrons. The summed E-state index contributed by atoms with van der Waals surface area (Å²) in [6.07, 6.45) is -5.78. The maximum Gasteiger partial charge on any atom is 0.416 e. The van der Waals surface area contributed by atoms with E-state index in [1.54, 1.807) is 6.07 Å². The second kappa shape index (κ2) is 8.11. The molecule has 0 bridgehead atoms. The zero-order valence-electron chi connectivity index (χ0n) is 15.0. The van der Waals surface area contributed by atoms with Gasteiger partial charge in [-0.25, -0.2) is 12.8 Å². The van der Waals surface area contributed by atoms with Gasteiger partial charge in [-0.2, -0.15) is 13.2 Å². The summed E-state index contributed by atoms with van der Waals surface area (Å²) in [5.74, 6) is -0.476. The lowest BCUT2D eigenvalue weighted by Gasteiger charge is -2.15. The number of hydrogen-bond donors (Lipinski definition) is 2. The molecule has 10 heteroatoms. The van der Waals surface area contributed by atoms with Gasteiger partial charge in [0.05, 0.1) is 21.4 Å². The first-order valence-corrected chi connectivity index (χ1v) is 10.2. The summed E-state index contributed by atoms with van der Waals surface area (Å²) >= 11 is 0. The average molecular weight is 430 g/mol. The molecule has 2 aromatic carbocycles. The molecule has 29 heavy (non-hydrogen) atoms. The molecule has 0 unspecified atom stereocenters. The van der Waals surface area contributed by atoms with E-state index in [9.17, 15) is 30.8 Å². The Morgan fingerprint density at radius 3 is 2.52 bits per heavy atom. The molecule has 0 spiro atoms. The van der Waals surface area contributed by atoms with Crippen molar-refractivity contribution in [1.82, 2.24) is 10.6 Å². The third-order valence-electron chi connectivity index (χ3n) is 4.58. The third kappa shape index (κ3) is 4.76. The third-order valence-corrected chi connectivity index (χ3v) is 6.43. The summed E-state index contributed by atoms with van der Waals surface area (Å²) in [7, 11) is -4.26. The number of nitrogens with one attached hydrogen (secondary N) is 2. The predicted octanol–water partition coefficient (Wildman–Crippen LogP) is 2.85. The van der Waals surface area contributed by atoms with Crippen molar-refractivity contribution in [3.05, 3.63) is 59.7 Å². The molecule has 0 saturated carbocycles. The van der Waals surface area contributed by atoms with Crippen LogP contribution in [-0.4, -0.2) is 33.1 Å². The van der Waals surface area contributed by atoms with Gasteiger partial charge in [0, 0.05) is 19.5 Å². The predicted molar refractivity (Wildman–Crippen MR) is 96.5 cm³/mol. The summed E-state index contributed by atoms with van der Waals surface area (Å²) in [6.45, 7) is -0.0963. The Balaban J connectivity index is 1.85. The van der Waals surface area contributed by atoms with E-state index < -0.39 is 44.6 Å². The Morgan fingerprint density at radius 1 is 1.14 bits per heavy atom. The molecule has 2 N–H and O–H groups in total. The average Bonchev–Trinajstić information content (AvgIpc) is 3.12. The largest absolute Gasteiger partial charge is 0.416 e. The highest BCUT2D eigenvalue weighted by Crippen LogP contribution is 2.32. The first-order chi connectivity index (χ1) is 13.6. The van der Waals surface area contributed by atoms with Gasteiger partial charge in [-0.05, 0) is 29.8 Å². The van der Waals surface area contributed by atoms with Gasteiger partial charge < -0.3 is 10.6 Å². The lowest BCUT2D eigenvalue weighted by molar-refractivity contribution is -0.137. The Bertz CT molecular complexity index is 1010. The fourth-order valence-corrected chi connectivity index (χ4v) is 4.61. The molecule has 1 aliphatic rings. The van der Waals surface area contributed by atoms with Crippen LogP contribution in [0.4, 0.5) is 17.6 Å². The smallest absolute Gasteiger partial charge is 0.351 e. The van der Waals surface area contributed by atoms with Crippen LogP contribution in [0.15, 0.2) is 58.3 Å². The molecule has 2 atom stereocenters. The van der Waals surface area contributed by atoms with Crippen LogP contribution in [0.2, 0.25) is 0 Å². The van der Waals surface area contributed by atoms with Crippen molar-refractivity contribution in [1.29, 1.82) is 0 Å². The van der Waals surface area contributed by atoms with Gasteiger partial charge in [0.15, 0.2) is 0 Å². The van der Waals surface area contributed by atoms with E-state index in [0.717, 1.165) is 18.2 Å². The quantitative estimate of drug-likeness (QED) is 0.716. The maximum absolute atomic E-state index is 13.2. The Morgan fingerprint density at radius 2 is 1.86 bits per heavy atom. The van der Waals surface area contributed by atoms with Crippen LogP contribution in [-0.2, 0) is 27.4 Å². The van der Waals surface area contributed by atoms with Gasteiger partial charge in [0.25, 0.3) is 0 Å². The number of sulfone groups is 1. The fraction of sp³-hybridized carbons (Fsp3) is 0.316. The summed E-state index contributed by atoms with van der Waals surface area (Å²) in [6, 6.07) is 8.49. The van der Waals surface area contributed by atoms with E-state index >= 15 is 0 Å². The molecule has 0 aromatic heterocycles. The molecule has 2 aromatic rings. The van der Waals surface area contributed by atoms with Gasteiger partial charge in [-0.15, -0.1) is 0 Å². The minimum Gasteiger partial charge on any atom is -0.351 e. The Hall–Kier alpha value is -2.46. The molecular weight excluding hydrogens is 412 g/mol. The first kappa shape index (κ1) is 21.3. The van der Waals surface area contributed by atoms with Crippen LogP contribution in [0.25, 0.3) is 0 Å². The van der Waals surface area contributed by atoms with Crippen molar-refractivity contribution in [2.45, 2.75) is 41.1 Å². The SMILES string of the molecule is O=C(NCc1ccccc1S(=O)(=O)c1cccc(C(F)(F)F)c1)[C@@H]1C[C@@H](F)CN1. The molecule has 156 valence electrons. The lowest BCUT2D eigenvalue weighted by atomic mass is 10.2. The van der Waals surface area contributed by atoms with Crippen LogP contribution >= 0.6 is 0 Å². The van der Waals surface area contributed by atoms with Crippen LogP contribution in [0, 0.1) is 0 Å².